The molecule has 2 unspecified atom stereocenters. The van der Waals surface area contributed by atoms with Gasteiger partial charge < -0.3 is 10.5 Å². The summed E-state index contributed by atoms with van der Waals surface area (Å²) in [6.45, 7) is 3.03. The molecule has 0 amide bonds. The summed E-state index contributed by atoms with van der Waals surface area (Å²) in [5.74, 6) is 0. The van der Waals surface area contributed by atoms with E-state index in [-0.39, 0.29) is 6.04 Å². The molecule has 2 N–H and O–H groups in total. The predicted molar refractivity (Wildman–Crippen MR) is 74.0 cm³/mol. The van der Waals surface area contributed by atoms with E-state index in [0.29, 0.717) is 6.10 Å². The molecule has 1 saturated heterocycles. The normalized spacial score (nSPS) is 21.7. The monoisotopic (exact) mass is 297 g/mol. The minimum absolute atomic E-state index is 0.131. The highest BCUT2D eigenvalue weighted by Crippen LogP contribution is 2.25. The van der Waals surface area contributed by atoms with Crippen molar-refractivity contribution < 1.29 is 4.74 Å². The second kappa shape index (κ2) is 5.98. The Balaban J connectivity index is 1.89. The molecule has 1 heterocycles. The van der Waals surface area contributed by atoms with Gasteiger partial charge in [-0.05, 0) is 49.8 Å². The van der Waals surface area contributed by atoms with Crippen LogP contribution in [0, 0.1) is 6.92 Å². The summed E-state index contributed by atoms with van der Waals surface area (Å²) < 4.78 is 6.76. The molecule has 1 aromatic carbocycles. The van der Waals surface area contributed by atoms with Gasteiger partial charge in [-0.3, -0.25) is 0 Å². The van der Waals surface area contributed by atoms with E-state index < -0.39 is 0 Å². The first-order valence-corrected chi connectivity index (χ1v) is 7.09. The molecule has 0 saturated carbocycles. The quantitative estimate of drug-likeness (QED) is 0.919. The summed E-state index contributed by atoms with van der Waals surface area (Å²) in [5, 5.41) is 0. The van der Waals surface area contributed by atoms with Crippen LogP contribution in [0.25, 0.3) is 0 Å². The van der Waals surface area contributed by atoms with Crippen molar-refractivity contribution in [1.82, 2.24) is 0 Å². The molecule has 1 fully saturated rings. The molecule has 0 aromatic heterocycles. The van der Waals surface area contributed by atoms with Crippen molar-refractivity contribution in [2.75, 3.05) is 6.61 Å². The van der Waals surface area contributed by atoms with E-state index in [1.807, 2.05) is 0 Å². The third-order valence-electron chi connectivity index (χ3n) is 3.43. The maximum atomic E-state index is 6.22. The molecule has 2 rings (SSSR count). The topological polar surface area (TPSA) is 35.2 Å². The zero-order chi connectivity index (χ0) is 12.3. The minimum Gasteiger partial charge on any atom is -0.378 e. The maximum Gasteiger partial charge on any atom is 0.0576 e. The third-order valence-corrected chi connectivity index (χ3v) is 4.32. The molecule has 0 spiro atoms. The van der Waals surface area contributed by atoms with Crippen molar-refractivity contribution in [3.63, 3.8) is 0 Å². The van der Waals surface area contributed by atoms with Gasteiger partial charge in [0.1, 0.15) is 0 Å². The largest absolute Gasteiger partial charge is 0.378 e. The van der Waals surface area contributed by atoms with Gasteiger partial charge in [-0.1, -0.05) is 28.1 Å². The van der Waals surface area contributed by atoms with Crippen molar-refractivity contribution in [3.8, 4) is 0 Å². The highest BCUT2D eigenvalue weighted by Gasteiger charge is 2.17. The summed E-state index contributed by atoms with van der Waals surface area (Å²) in [7, 11) is 0. The Bertz CT molecular complexity index is 374. The van der Waals surface area contributed by atoms with E-state index >= 15 is 0 Å². The summed E-state index contributed by atoms with van der Waals surface area (Å²) >= 11 is 3.51. The van der Waals surface area contributed by atoms with Gasteiger partial charge >= 0.3 is 0 Å². The van der Waals surface area contributed by atoms with E-state index in [2.05, 4.69) is 41.1 Å². The second-order valence-corrected chi connectivity index (χ2v) is 5.68. The zero-order valence-corrected chi connectivity index (χ0v) is 11.9. The van der Waals surface area contributed by atoms with Crippen LogP contribution >= 0.6 is 15.9 Å². The van der Waals surface area contributed by atoms with Crippen molar-refractivity contribution in [2.24, 2.45) is 5.73 Å². The van der Waals surface area contributed by atoms with Crippen molar-refractivity contribution in [1.29, 1.82) is 0 Å². The Morgan fingerprint density at radius 1 is 1.53 bits per heavy atom. The average Bonchev–Trinajstić information content (AvgIpc) is 2.82. The number of nitrogens with two attached hydrogens (primary N) is 1. The van der Waals surface area contributed by atoms with Crippen LogP contribution in [0.4, 0.5) is 0 Å². The van der Waals surface area contributed by atoms with E-state index in [1.165, 1.54) is 24.0 Å². The number of ether oxygens (including phenoxy) is 1. The fourth-order valence-electron chi connectivity index (χ4n) is 2.30. The minimum atomic E-state index is 0.131. The summed E-state index contributed by atoms with van der Waals surface area (Å²) in [5.41, 5.74) is 8.69. The van der Waals surface area contributed by atoms with Crippen LogP contribution < -0.4 is 5.73 Å². The summed E-state index contributed by atoms with van der Waals surface area (Å²) in [6.07, 6.45) is 4.93. The molecule has 0 radical (unpaired) electrons. The molecule has 1 aliphatic heterocycles. The molecule has 17 heavy (non-hydrogen) atoms. The highest BCUT2D eigenvalue weighted by atomic mass is 79.9. The fraction of sp³-hybridized carbons (Fsp3) is 0.571. The second-order valence-electron chi connectivity index (χ2n) is 4.83. The predicted octanol–water partition coefficient (Wildman–Crippen LogP) is 3.72. The van der Waals surface area contributed by atoms with E-state index in [4.69, 9.17) is 10.5 Å². The molecule has 0 bridgehead atoms. The first-order chi connectivity index (χ1) is 8.16. The number of rotatable bonds is 4. The molecule has 2 atom stereocenters. The van der Waals surface area contributed by atoms with E-state index in [9.17, 15) is 0 Å². The zero-order valence-electron chi connectivity index (χ0n) is 10.3. The summed E-state index contributed by atoms with van der Waals surface area (Å²) in [6, 6.07) is 6.49. The van der Waals surface area contributed by atoms with Crippen LogP contribution in [-0.2, 0) is 4.74 Å². The SMILES string of the molecule is Cc1cc(C(N)CCC2CCCO2)ccc1Br. The number of hydrogen-bond donors (Lipinski definition) is 1. The van der Waals surface area contributed by atoms with Gasteiger partial charge in [0.15, 0.2) is 0 Å². The Hall–Kier alpha value is -0.380. The van der Waals surface area contributed by atoms with Crippen LogP contribution in [0.15, 0.2) is 22.7 Å². The van der Waals surface area contributed by atoms with Gasteiger partial charge in [0, 0.05) is 17.1 Å². The van der Waals surface area contributed by atoms with Crippen molar-refractivity contribution >= 4 is 15.9 Å². The number of hydrogen-bond acceptors (Lipinski definition) is 2. The number of benzene rings is 1. The van der Waals surface area contributed by atoms with E-state index in [0.717, 1.165) is 23.9 Å². The highest BCUT2D eigenvalue weighted by molar-refractivity contribution is 9.10. The number of halogens is 1. The Morgan fingerprint density at radius 2 is 2.35 bits per heavy atom. The van der Waals surface area contributed by atoms with Crippen LogP contribution in [0.1, 0.15) is 42.9 Å². The molecule has 2 nitrogen and oxygen atoms in total. The lowest BCUT2D eigenvalue weighted by molar-refractivity contribution is 0.101. The third kappa shape index (κ3) is 3.54. The molecule has 3 heteroatoms. The summed E-state index contributed by atoms with van der Waals surface area (Å²) in [4.78, 5) is 0. The van der Waals surface area contributed by atoms with Crippen molar-refractivity contribution in [2.45, 2.75) is 44.8 Å². The molecule has 94 valence electrons. The van der Waals surface area contributed by atoms with Gasteiger partial charge in [0.25, 0.3) is 0 Å². The van der Waals surface area contributed by atoms with Crippen LogP contribution in [0.5, 0.6) is 0 Å². The van der Waals surface area contributed by atoms with Crippen LogP contribution in [-0.4, -0.2) is 12.7 Å². The Morgan fingerprint density at radius 3 is 3.00 bits per heavy atom. The smallest absolute Gasteiger partial charge is 0.0576 e. The lowest BCUT2D eigenvalue weighted by Crippen LogP contribution is -2.14. The molecule has 0 aliphatic carbocycles. The van der Waals surface area contributed by atoms with Gasteiger partial charge in [0.05, 0.1) is 6.10 Å². The van der Waals surface area contributed by atoms with Crippen LogP contribution in [0.3, 0.4) is 0 Å². The molecule has 1 aliphatic rings. The van der Waals surface area contributed by atoms with Gasteiger partial charge in [0.2, 0.25) is 0 Å². The van der Waals surface area contributed by atoms with Crippen molar-refractivity contribution in [3.05, 3.63) is 33.8 Å². The molecular weight excluding hydrogens is 278 g/mol. The van der Waals surface area contributed by atoms with Crippen LogP contribution in [0.2, 0.25) is 0 Å². The van der Waals surface area contributed by atoms with Gasteiger partial charge in [-0.15, -0.1) is 0 Å². The lowest BCUT2D eigenvalue weighted by atomic mass is 9.99. The Labute approximate surface area is 112 Å². The fourth-order valence-corrected chi connectivity index (χ4v) is 2.55. The standard InChI is InChI=1S/C14H20BrNO/c1-10-9-11(4-6-13(10)15)14(16)7-5-12-3-2-8-17-12/h4,6,9,12,14H,2-3,5,7-8,16H2,1H3. The molecular formula is C14H20BrNO. The first kappa shape index (κ1) is 13.1. The first-order valence-electron chi connectivity index (χ1n) is 6.30. The maximum absolute atomic E-state index is 6.22. The lowest BCUT2D eigenvalue weighted by Gasteiger charge is -2.15. The van der Waals surface area contributed by atoms with Gasteiger partial charge in [-0.2, -0.15) is 0 Å². The van der Waals surface area contributed by atoms with E-state index in [1.54, 1.807) is 0 Å². The molecule has 1 aromatic rings. The van der Waals surface area contributed by atoms with Gasteiger partial charge in [-0.25, -0.2) is 0 Å². The average molecular weight is 298 g/mol. The Kier molecular flexibility index (Phi) is 4.60. The number of aryl methyl sites for hydroxylation is 1.